The zero-order chi connectivity index (χ0) is 14.0. The van der Waals surface area contributed by atoms with Crippen LogP contribution in [0.25, 0.3) is 0 Å². The van der Waals surface area contributed by atoms with Crippen LogP contribution < -0.4 is 5.32 Å². The summed E-state index contributed by atoms with van der Waals surface area (Å²) in [5, 5.41) is 21.3. The molecule has 0 spiro atoms. The third-order valence-electron chi connectivity index (χ3n) is 2.44. The van der Waals surface area contributed by atoms with E-state index in [0.29, 0.717) is 4.47 Å². The molecule has 2 aromatic rings. The van der Waals surface area contributed by atoms with E-state index < -0.39 is 23.2 Å². The van der Waals surface area contributed by atoms with Crippen molar-refractivity contribution in [2.75, 3.05) is 5.32 Å². The SMILES string of the molecule is O=C(Nc1cc(F)ccc1Br)c1cccc(O)c1O. The first-order chi connectivity index (χ1) is 8.99. The molecular weight excluding hydrogens is 317 g/mol. The van der Waals surface area contributed by atoms with E-state index in [-0.39, 0.29) is 11.3 Å². The molecule has 0 unspecified atom stereocenters. The lowest BCUT2D eigenvalue weighted by molar-refractivity contribution is 0.102. The maximum atomic E-state index is 13.1. The average molecular weight is 326 g/mol. The molecule has 0 atom stereocenters. The van der Waals surface area contributed by atoms with E-state index in [0.717, 1.165) is 6.07 Å². The molecular formula is C13H9BrFNO3. The number of halogens is 2. The summed E-state index contributed by atoms with van der Waals surface area (Å²) in [5.41, 5.74) is 0.129. The summed E-state index contributed by atoms with van der Waals surface area (Å²) in [4.78, 5) is 11.9. The van der Waals surface area contributed by atoms with E-state index in [1.165, 1.54) is 30.3 Å². The molecule has 0 aliphatic carbocycles. The largest absolute Gasteiger partial charge is 0.504 e. The van der Waals surface area contributed by atoms with Gasteiger partial charge < -0.3 is 15.5 Å². The van der Waals surface area contributed by atoms with Gasteiger partial charge in [-0.3, -0.25) is 4.79 Å². The molecule has 2 rings (SSSR count). The third kappa shape index (κ3) is 2.85. The summed E-state index contributed by atoms with van der Waals surface area (Å²) in [5.74, 6) is -2.07. The molecule has 98 valence electrons. The molecule has 4 nitrogen and oxygen atoms in total. The first-order valence-electron chi connectivity index (χ1n) is 5.26. The standard InChI is InChI=1S/C13H9BrFNO3/c14-9-5-4-7(15)6-10(9)16-13(19)8-2-1-3-11(17)12(8)18/h1-6,17-18H,(H,16,19). The second kappa shape index (κ2) is 5.27. The van der Waals surface area contributed by atoms with E-state index in [4.69, 9.17) is 0 Å². The summed E-state index contributed by atoms with van der Waals surface area (Å²) >= 11 is 3.17. The number of carbonyl (C=O) groups is 1. The molecule has 2 aromatic carbocycles. The van der Waals surface area contributed by atoms with Crippen LogP contribution >= 0.6 is 15.9 Å². The number of nitrogens with one attached hydrogen (secondary N) is 1. The van der Waals surface area contributed by atoms with Crippen LogP contribution in [0.1, 0.15) is 10.4 Å². The summed E-state index contributed by atoms with van der Waals surface area (Å²) in [6.45, 7) is 0. The number of hydrogen-bond acceptors (Lipinski definition) is 3. The maximum Gasteiger partial charge on any atom is 0.259 e. The molecule has 3 N–H and O–H groups in total. The first kappa shape index (κ1) is 13.4. The topological polar surface area (TPSA) is 69.6 Å². The predicted octanol–water partition coefficient (Wildman–Crippen LogP) is 3.25. The minimum atomic E-state index is -0.653. The van der Waals surface area contributed by atoms with Crippen molar-refractivity contribution in [2.45, 2.75) is 0 Å². The number of anilines is 1. The second-order valence-electron chi connectivity index (χ2n) is 3.75. The predicted molar refractivity (Wildman–Crippen MR) is 71.8 cm³/mol. The van der Waals surface area contributed by atoms with Gasteiger partial charge in [-0.2, -0.15) is 0 Å². The fourth-order valence-electron chi connectivity index (χ4n) is 1.50. The lowest BCUT2D eigenvalue weighted by Gasteiger charge is -2.09. The van der Waals surface area contributed by atoms with Crippen molar-refractivity contribution >= 4 is 27.5 Å². The fourth-order valence-corrected chi connectivity index (χ4v) is 1.84. The summed E-state index contributed by atoms with van der Waals surface area (Å²) in [7, 11) is 0. The summed E-state index contributed by atoms with van der Waals surface area (Å²) in [6, 6.07) is 7.85. The number of aromatic hydroxyl groups is 2. The van der Waals surface area contributed by atoms with Gasteiger partial charge in [0.25, 0.3) is 5.91 Å². The minimum absolute atomic E-state index is 0.101. The van der Waals surface area contributed by atoms with E-state index in [2.05, 4.69) is 21.2 Å². The van der Waals surface area contributed by atoms with Crippen LogP contribution in [0.15, 0.2) is 40.9 Å². The molecule has 0 aromatic heterocycles. The van der Waals surface area contributed by atoms with Gasteiger partial charge in [0.2, 0.25) is 0 Å². The van der Waals surface area contributed by atoms with E-state index in [9.17, 15) is 19.4 Å². The Morgan fingerprint density at radius 2 is 1.95 bits per heavy atom. The molecule has 0 aliphatic rings. The van der Waals surface area contributed by atoms with Crippen LogP contribution in [-0.4, -0.2) is 16.1 Å². The van der Waals surface area contributed by atoms with Crippen molar-refractivity contribution in [1.82, 2.24) is 0 Å². The molecule has 0 radical (unpaired) electrons. The maximum absolute atomic E-state index is 13.1. The Balaban J connectivity index is 2.31. The van der Waals surface area contributed by atoms with Crippen molar-refractivity contribution in [2.24, 2.45) is 0 Å². The second-order valence-corrected chi connectivity index (χ2v) is 4.61. The third-order valence-corrected chi connectivity index (χ3v) is 3.13. The number of phenols is 2. The Morgan fingerprint density at radius 1 is 1.21 bits per heavy atom. The van der Waals surface area contributed by atoms with Crippen molar-refractivity contribution in [3.63, 3.8) is 0 Å². The first-order valence-corrected chi connectivity index (χ1v) is 6.05. The molecule has 0 fully saturated rings. The van der Waals surface area contributed by atoms with E-state index in [1.54, 1.807) is 0 Å². The number of phenolic OH excluding ortho intramolecular Hbond substituents is 2. The lowest BCUT2D eigenvalue weighted by Crippen LogP contribution is -2.12. The molecule has 1 amide bonds. The number of para-hydroxylation sites is 1. The molecule has 19 heavy (non-hydrogen) atoms. The number of carbonyl (C=O) groups excluding carboxylic acids is 1. The monoisotopic (exact) mass is 325 g/mol. The van der Waals surface area contributed by atoms with Gasteiger partial charge in [0.15, 0.2) is 11.5 Å². The van der Waals surface area contributed by atoms with Crippen LogP contribution in [0.2, 0.25) is 0 Å². The zero-order valence-corrected chi connectivity index (χ0v) is 11.1. The smallest absolute Gasteiger partial charge is 0.259 e. The highest BCUT2D eigenvalue weighted by molar-refractivity contribution is 9.10. The normalized spacial score (nSPS) is 10.2. The Bertz CT molecular complexity index is 646. The Labute approximate surface area is 116 Å². The van der Waals surface area contributed by atoms with Crippen LogP contribution in [0.3, 0.4) is 0 Å². The van der Waals surface area contributed by atoms with Gasteiger partial charge in [0, 0.05) is 4.47 Å². The quantitative estimate of drug-likeness (QED) is 0.742. The molecule has 6 heteroatoms. The zero-order valence-electron chi connectivity index (χ0n) is 9.52. The van der Waals surface area contributed by atoms with Gasteiger partial charge >= 0.3 is 0 Å². The number of benzene rings is 2. The molecule has 0 heterocycles. The van der Waals surface area contributed by atoms with Gasteiger partial charge in [-0.25, -0.2) is 4.39 Å². The highest BCUT2D eigenvalue weighted by atomic mass is 79.9. The van der Waals surface area contributed by atoms with Gasteiger partial charge in [-0.05, 0) is 46.3 Å². The van der Waals surface area contributed by atoms with E-state index in [1.807, 2.05) is 0 Å². The molecule has 0 bridgehead atoms. The summed E-state index contributed by atoms with van der Waals surface area (Å²) in [6.07, 6.45) is 0. The van der Waals surface area contributed by atoms with Crippen LogP contribution in [-0.2, 0) is 0 Å². The Kier molecular flexibility index (Phi) is 3.71. The van der Waals surface area contributed by atoms with Crippen molar-refractivity contribution in [3.05, 3.63) is 52.3 Å². The Morgan fingerprint density at radius 3 is 2.68 bits per heavy atom. The minimum Gasteiger partial charge on any atom is -0.504 e. The van der Waals surface area contributed by atoms with Gasteiger partial charge in [-0.15, -0.1) is 0 Å². The number of hydrogen-bond donors (Lipinski definition) is 3. The molecule has 0 saturated carbocycles. The van der Waals surface area contributed by atoms with Gasteiger partial charge in [0.1, 0.15) is 5.82 Å². The van der Waals surface area contributed by atoms with Crippen LogP contribution in [0.4, 0.5) is 10.1 Å². The van der Waals surface area contributed by atoms with Crippen molar-refractivity contribution < 1.29 is 19.4 Å². The highest BCUT2D eigenvalue weighted by Gasteiger charge is 2.15. The highest BCUT2D eigenvalue weighted by Crippen LogP contribution is 2.30. The van der Waals surface area contributed by atoms with Gasteiger partial charge in [0.05, 0.1) is 11.3 Å². The molecule has 0 aliphatic heterocycles. The fraction of sp³-hybridized carbons (Fsp3) is 0. The van der Waals surface area contributed by atoms with Crippen LogP contribution in [0, 0.1) is 5.82 Å². The number of amides is 1. The van der Waals surface area contributed by atoms with Crippen molar-refractivity contribution in [1.29, 1.82) is 0 Å². The van der Waals surface area contributed by atoms with Crippen LogP contribution in [0.5, 0.6) is 11.5 Å². The number of rotatable bonds is 2. The average Bonchev–Trinajstić information content (AvgIpc) is 2.37. The summed E-state index contributed by atoms with van der Waals surface area (Å²) < 4.78 is 13.6. The Hall–Kier alpha value is -2.08. The van der Waals surface area contributed by atoms with E-state index >= 15 is 0 Å². The molecule has 0 saturated heterocycles. The lowest BCUT2D eigenvalue weighted by atomic mass is 10.1. The van der Waals surface area contributed by atoms with Crippen molar-refractivity contribution in [3.8, 4) is 11.5 Å². The van der Waals surface area contributed by atoms with Gasteiger partial charge in [-0.1, -0.05) is 6.07 Å².